The largest absolute Gasteiger partial charge is 0.488 e. The van der Waals surface area contributed by atoms with E-state index in [0.29, 0.717) is 12.4 Å². The molecule has 140 valence electrons. The fourth-order valence-corrected chi connectivity index (χ4v) is 3.31. The van der Waals surface area contributed by atoms with Crippen molar-refractivity contribution in [2.45, 2.75) is 6.61 Å². The van der Waals surface area contributed by atoms with Crippen molar-refractivity contribution in [3.8, 4) is 11.8 Å². The van der Waals surface area contributed by atoms with E-state index in [1.165, 1.54) is 6.07 Å². The van der Waals surface area contributed by atoms with Crippen LogP contribution in [-0.4, -0.2) is 0 Å². The fraction of sp³-hybridized carbons (Fsp3) is 0.0385. The number of allylic oxidation sites excluding steroid dienone is 1. The van der Waals surface area contributed by atoms with Crippen molar-refractivity contribution in [3.05, 3.63) is 114 Å². The molecule has 4 aromatic carbocycles. The number of nitrogens with zero attached hydrogens (tertiary/aromatic N) is 1. The average molecular weight is 379 g/mol. The second-order valence-electron chi connectivity index (χ2n) is 6.61. The summed E-state index contributed by atoms with van der Waals surface area (Å²) in [5.74, 6) is 0.221. The molecule has 0 amide bonds. The second kappa shape index (κ2) is 8.41. The van der Waals surface area contributed by atoms with E-state index in [2.05, 4.69) is 24.3 Å². The standard InChI is InChI=1S/C26H18FNO/c27-25-14-5-4-13-24(25)22(17-28)16-20-9-2-6-15-26(20)29-18-21-11-7-10-19-8-1-3-12-23(19)21/h1-16H,18H2. The highest BCUT2D eigenvalue weighted by molar-refractivity contribution is 5.91. The molecule has 0 atom stereocenters. The highest BCUT2D eigenvalue weighted by Gasteiger charge is 2.09. The zero-order valence-electron chi connectivity index (χ0n) is 15.7. The maximum Gasteiger partial charge on any atom is 0.131 e. The van der Waals surface area contributed by atoms with Gasteiger partial charge in [-0.1, -0.05) is 78.9 Å². The Labute approximate surface area is 169 Å². The van der Waals surface area contributed by atoms with E-state index in [1.807, 2.05) is 48.5 Å². The van der Waals surface area contributed by atoms with Gasteiger partial charge in [-0.2, -0.15) is 5.26 Å². The first-order chi connectivity index (χ1) is 14.3. The van der Waals surface area contributed by atoms with E-state index in [4.69, 9.17) is 4.74 Å². The Morgan fingerprint density at radius 1 is 0.862 bits per heavy atom. The van der Waals surface area contributed by atoms with Crippen molar-refractivity contribution in [1.29, 1.82) is 5.26 Å². The van der Waals surface area contributed by atoms with Crippen LogP contribution in [-0.2, 0) is 6.61 Å². The van der Waals surface area contributed by atoms with Crippen molar-refractivity contribution < 1.29 is 9.13 Å². The summed E-state index contributed by atoms with van der Waals surface area (Å²) in [4.78, 5) is 0. The molecule has 0 fully saturated rings. The molecular formula is C26H18FNO. The van der Waals surface area contributed by atoms with Crippen molar-refractivity contribution in [2.75, 3.05) is 0 Å². The van der Waals surface area contributed by atoms with E-state index in [-0.39, 0.29) is 11.1 Å². The van der Waals surface area contributed by atoms with Crippen LogP contribution >= 0.6 is 0 Å². The zero-order chi connectivity index (χ0) is 20.1. The Morgan fingerprint density at radius 3 is 2.45 bits per heavy atom. The van der Waals surface area contributed by atoms with Crippen LogP contribution < -0.4 is 4.74 Å². The highest BCUT2D eigenvalue weighted by atomic mass is 19.1. The molecule has 0 aliphatic heterocycles. The topological polar surface area (TPSA) is 33.0 Å². The number of fused-ring (bicyclic) bond motifs is 1. The molecule has 0 saturated heterocycles. The van der Waals surface area contributed by atoms with Crippen molar-refractivity contribution in [3.63, 3.8) is 0 Å². The van der Waals surface area contributed by atoms with Crippen molar-refractivity contribution in [1.82, 2.24) is 0 Å². The van der Waals surface area contributed by atoms with Gasteiger partial charge < -0.3 is 4.74 Å². The lowest BCUT2D eigenvalue weighted by Gasteiger charge is -2.12. The molecule has 0 spiro atoms. The molecule has 2 nitrogen and oxygen atoms in total. The summed E-state index contributed by atoms with van der Waals surface area (Å²) in [5, 5.41) is 11.9. The third-order valence-electron chi connectivity index (χ3n) is 4.77. The third-order valence-corrected chi connectivity index (χ3v) is 4.77. The summed E-state index contributed by atoms with van der Waals surface area (Å²) in [7, 11) is 0. The number of nitriles is 1. The van der Waals surface area contributed by atoms with Gasteiger partial charge in [-0.15, -0.1) is 0 Å². The first-order valence-corrected chi connectivity index (χ1v) is 9.31. The minimum Gasteiger partial charge on any atom is -0.488 e. The van der Waals surface area contributed by atoms with E-state index < -0.39 is 5.82 Å². The summed E-state index contributed by atoms with van der Waals surface area (Å²) < 4.78 is 20.2. The highest BCUT2D eigenvalue weighted by Crippen LogP contribution is 2.27. The van der Waals surface area contributed by atoms with Gasteiger partial charge in [-0.05, 0) is 34.5 Å². The maximum atomic E-state index is 14.1. The molecule has 0 bridgehead atoms. The molecular weight excluding hydrogens is 361 g/mol. The van der Waals surface area contributed by atoms with Gasteiger partial charge in [-0.3, -0.25) is 0 Å². The number of rotatable bonds is 5. The number of para-hydroxylation sites is 1. The summed E-state index contributed by atoms with van der Waals surface area (Å²) in [5.41, 5.74) is 2.34. The number of hydrogen-bond donors (Lipinski definition) is 0. The van der Waals surface area contributed by atoms with Crippen molar-refractivity contribution in [2.24, 2.45) is 0 Å². The minimum absolute atomic E-state index is 0.254. The van der Waals surface area contributed by atoms with E-state index in [9.17, 15) is 9.65 Å². The third kappa shape index (κ3) is 4.02. The summed E-state index contributed by atoms with van der Waals surface area (Å²) in [6, 6.07) is 30.1. The van der Waals surface area contributed by atoms with Crippen LogP contribution in [0.3, 0.4) is 0 Å². The van der Waals surface area contributed by atoms with Gasteiger partial charge in [0, 0.05) is 11.1 Å². The normalized spacial score (nSPS) is 11.2. The Bertz CT molecular complexity index is 1230. The van der Waals surface area contributed by atoms with Crippen LogP contribution in [0.1, 0.15) is 16.7 Å². The van der Waals surface area contributed by atoms with Gasteiger partial charge in [0.05, 0.1) is 11.6 Å². The molecule has 3 heteroatoms. The zero-order valence-corrected chi connectivity index (χ0v) is 15.7. The lowest BCUT2D eigenvalue weighted by molar-refractivity contribution is 0.307. The number of benzene rings is 4. The Morgan fingerprint density at radius 2 is 1.59 bits per heavy atom. The summed E-state index contributed by atoms with van der Waals surface area (Å²) >= 11 is 0. The van der Waals surface area contributed by atoms with Gasteiger partial charge in [0.2, 0.25) is 0 Å². The monoisotopic (exact) mass is 379 g/mol. The van der Waals surface area contributed by atoms with Crippen LogP contribution in [0.5, 0.6) is 5.75 Å². The first-order valence-electron chi connectivity index (χ1n) is 9.31. The van der Waals surface area contributed by atoms with E-state index in [0.717, 1.165) is 21.9 Å². The van der Waals surface area contributed by atoms with Crippen LogP contribution in [0.25, 0.3) is 22.4 Å². The van der Waals surface area contributed by atoms with Gasteiger partial charge >= 0.3 is 0 Å². The molecule has 0 unspecified atom stereocenters. The quantitative estimate of drug-likeness (QED) is 0.288. The predicted molar refractivity (Wildman–Crippen MR) is 115 cm³/mol. The van der Waals surface area contributed by atoms with Crippen LogP contribution in [0, 0.1) is 17.1 Å². The molecule has 0 aliphatic rings. The average Bonchev–Trinajstić information content (AvgIpc) is 2.77. The SMILES string of the molecule is N#CC(=Cc1ccccc1OCc1cccc2ccccc12)c1ccccc1F. The molecule has 0 aliphatic carbocycles. The Balaban J connectivity index is 1.65. The number of hydrogen-bond acceptors (Lipinski definition) is 2. The lowest BCUT2D eigenvalue weighted by atomic mass is 10.0. The van der Waals surface area contributed by atoms with Gasteiger partial charge in [0.25, 0.3) is 0 Å². The predicted octanol–water partition coefficient (Wildman–Crippen LogP) is 6.62. The second-order valence-corrected chi connectivity index (χ2v) is 6.61. The lowest BCUT2D eigenvalue weighted by Crippen LogP contribution is -1.98. The van der Waals surface area contributed by atoms with Crippen LogP contribution in [0.2, 0.25) is 0 Å². The summed E-state index contributed by atoms with van der Waals surface area (Å²) in [6.07, 6.45) is 1.66. The molecule has 4 rings (SSSR count). The van der Waals surface area contributed by atoms with Crippen LogP contribution in [0.15, 0.2) is 91.0 Å². The smallest absolute Gasteiger partial charge is 0.131 e. The molecule has 0 aromatic heterocycles. The molecule has 0 saturated carbocycles. The number of ether oxygens (including phenoxy) is 1. The molecule has 0 N–H and O–H groups in total. The maximum absolute atomic E-state index is 14.1. The molecule has 0 radical (unpaired) electrons. The Kier molecular flexibility index (Phi) is 5.36. The minimum atomic E-state index is -0.422. The van der Waals surface area contributed by atoms with Gasteiger partial charge in [0.1, 0.15) is 18.2 Å². The fourth-order valence-electron chi connectivity index (χ4n) is 3.31. The van der Waals surface area contributed by atoms with Gasteiger partial charge in [-0.25, -0.2) is 4.39 Å². The first kappa shape index (κ1) is 18.5. The number of halogens is 1. The molecule has 4 aromatic rings. The van der Waals surface area contributed by atoms with Gasteiger partial charge in [0.15, 0.2) is 0 Å². The van der Waals surface area contributed by atoms with Crippen molar-refractivity contribution >= 4 is 22.4 Å². The summed E-state index contributed by atoms with van der Waals surface area (Å²) in [6.45, 7) is 0.397. The molecule has 29 heavy (non-hydrogen) atoms. The Hall–Kier alpha value is -3.90. The van der Waals surface area contributed by atoms with E-state index in [1.54, 1.807) is 24.3 Å². The van der Waals surface area contributed by atoms with E-state index >= 15 is 0 Å². The van der Waals surface area contributed by atoms with Crippen LogP contribution in [0.4, 0.5) is 4.39 Å². The molecule has 0 heterocycles.